The highest BCUT2D eigenvalue weighted by molar-refractivity contribution is 14.1. The van der Waals surface area contributed by atoms with Crippen LogP contribution >= 0.6 is 22.6 Å². The van der Waals surface area contributed by atoms with Gasteiger partial charge in [0.25, 0.3) is 0 Å². The van der Waals surface area contributed by atoms with Gasteiger partial charge < -0.3 is 0 Å². The van der Waals surface area contributed by atoms with Gasteiger partial charge in [0, 0.05) is 18.0 Å². The lowest BCUT2D eigenvalue weighted by Gasteiger charge is -2.08. The number of hydrogen-bond acceptors (Lipinski definition) is 1. The molecule has 1 aromatic carbocycles. The van der Waals surface area contributed by atoms with Gasteiger partial charge in [0.1, 0.15) is 0 Å². The van der Waals surface area contributed by atoms with Gasteiger partial charge in [-0.05, 0) is 40.9 Å². The van der Waals surface area contributed by atoms with Crippen molar-refractivity contribution >= 4 is 28.2 Å². The van der Waals surface area contributed by atoms with Crippen molar-refractivity contribution in [3.05, 3.63) is 72.1 Å². The molecule has 0 amide bonds. The van der Waals surface area contributed by atoms with Crippen molar-refractivity contribution < 1.29 is 0 Å². The van der Waals surface area contributed by atoms with Gasteiger partial charge in [0.05, 0.1) is 0 Å². The summed E-state index contributed by atoms with van der Waals surface area (Å²) in [5.74, 6) is 0. The predicted octanol–water partition coefficient (Wildman–Crippen LogP) is 5.51. The number of halogens is 1. The molecule has 0 aliphatic carbocycles. The standard InChI is InChI=1S/C18H20IN/c19-13-7-2-1-6-12-18(16-9-4-3-5-10-16)17-11-8-14-20-15-17/h3-5,8-12,14-15H,1-2,6-7,13H2. The minimum absolute atomic E-state index is 1.13. The Balaban J connectivity index is 2.15. The number of benzene rings is 1. The first kappa shape index (κ1) is 15.2. The van der Waals surface area contributed by atoms with E-state index in [4.69, 9.17) is 0 Å². The molecule has 104 valence electrons. The van der Waals surface area contributed by atoms with E-state index < -0.39 is 0 Å². The lowest BCUT2D eigenvalue weighted by molar-refractivity contribution is 0.740. The van der Waals surface area contributed by atoms with Gasteiger partial charge in [-0.2, -0.15) is 0 Å². The van der Waals surface area contributed by atoms with Gasteiger partial charge in [-0.25, -0.2) is 0 Å². The Labute approximate surface area is 135 Å². The maximum absolute atomic E-state index is 4.25. The average Bonchev–Trinajstić information content (AvgIpc) is 2.53. The molecule has 1 aromatic heterocycles. The van der Waals surface area contributed by atoms with Crippen LogP contribution in [0, 0.1) is 0 Å². The first-order valence-electron chi connectivity index (χ1n) is 7.14. The van der Waals surface area contributed by atoms with Gasteiger partial charge in [-0.15, -0.1) is 0 Å². The maximum atomic E-state index is 4.25. The largest absolute Gasteiger partial charge is 0.264 e. The molecule has 0 spiro atoms. The van der Waals surface area contributed by atoms with Gasteiger partial charge >= 0.3 is 0 Å². The Morgan fingerprint density at radius 1 is 0.950 bits per heavy atom. The number of pyridine rings is 1. The van der Waals surface area contributed by atoms with E-state index in [1.807, 2.05) is 18.5 Å². The van der Waals surface area contributed by atoms with E-state index in [9.17, 15) is 0 Å². The minimum atomic E-state index is 1.13. The summed E-state index contributed by atoms with van der Waals surface area (Å²) >= 11 is 2.45. The third kappa shape index (κ3) is 4.75. The quantitative estimate of drug-likeness (QED) is 0.352. The van der Waals surface area contributed by atoms with Gasteiger partial charge in [0.15, 0.2) is 0 Å². The molecule has 0 saturated carbocycles. The third-order valence-electron chi connectivity index (χ3n) is 3.24. The molecular weight excluding hydrogens is 357 g/mol. The zero-order chi connectivity index (χ0) is 14.0. The Kier molecular flexibility index (Phi) is 6.78. The van der Waals surface area contributed by atoms with Crippen molar-refractivity contribution in [3.63, 3.8) is 0 Å². The fourth-order valence-corrected chi connectivity index (χ4v) is 2.74. The number of unbranched alkanes of at least 4 members (excludes halogenated alkanes) is 3. The molecule has 0 bridgehead atoms. The Hall–Kier alpha value is -1.16. The van der Waals surface area contributed by atoms with E-state index in [0.29, 0.717) is 0 Å². The molecule has 0 unspecified atom stereocenters. The molecule has 0 radical (unpaired) electrons. The summed E-state index contributed by atoms with van der Waals surface area (Å²) in [6.07, 6.45) is 11.2. The van der Waals surface area contributed by atoms with E-state index in [1.165, 1.54) is 40.4 Å². The Morgan fingerprint density at radius 2 is 1.75 bits per heavy atom. The van der Waals surface area contributed by atoms with Crippen LogP contribution in [0.4, 0.5) is 0 Å². The fourth-order valence-electron chi connectivity index (χ4n) is 2.20. The van der Waals surface area contributed by atoms with Crippen LogP contribution in [0.2, 0.25) is 0 Å². The van der Waals surface area contributed by atoms with Crippen molar-refractivity contribution in [2.75, 3.05) is 4.43 Å². The highest BCUT2D eigenvalue weighted by atomic mass is 127. The highest BCUT2D eigenvalue weighted by Crippen LogP contribution is 2.23. The molecular formula is C18H20IN. The molecule has 20 heavy (non-hydrogen) atoms. The first-order chi connectivity index (χ1) is 9.92. The van der Waals surface area contributed by atoms with E-state index in [0.717, 1.165) is 6.42 Å². The summed E-state index contributed by atoms with van der Waals surface area (Å²) in [5, 5.41) is 0. The van der Waals surface area contributed by atoms with E-state index in [1.54, 1.807) is 0 Å². The van der Waals surface area contributed by atoms with Crippen LogP contribution in [-0.2, 0) is 0 Å². The molecule has 2 heteroatoms. The number of rotatable bonds is 7. The average molecular weight is 377 g/mol. The van der Waals surface area contributed by atoms with Crippen LogP contribution in [-0.4, -0.2) is 9.41 Å². The predicted molar refractivity (Wildman–Crippen MR) is 95.1 cm³/mol. The molecule has 1 heterocycles. The molecule has 2 aromatic rings. The number of allylic oxidation sites excluding steroid dienone is 1. The second kappa shape index (κ2) is 8.90. The zero-order valence-electron chi connectivity index (χ0n) is 11.6. The first-order valence-corrected chi connectivity index (χ1v) is 8.66. The van der Waals surface area contributed by atoms with Gasteiger partial charge in [-0.1, -0.05) is 71.5 Å². The van der Waals surface area contributed by atoms with Crippen molar-refractivity contribution in [1.82, 2.24) is 4.98 Å². The number of hydrogen-bond donors (Lipinski definition) is 0. The van der Waals surface area contributed by atoms with Crippen LogP contribution in [0.25, 0.3) is 5.57 Å². The van der Waals surface area contributed by atoms with E-state index in [-0.39, 0.29) is 0 Å². The van der Waals surface area contributed by atoms with Crippen LogP contribution < -0.4 is 0 Å². The summed E-state index contributed by atoms with van der Waals surface area (Å²) in [4.78, 5) is 4.25. The fraction of sp³-hybridized carbons (Fsp3) is 0.278. The Morgan fingerprint density at radius 3 is 2.45 bits per heavy atom. The van der Waals surface area contributed by atoms with Crippen molar-refractivity contribution in [2.24, 2.45) is 0 Å². The smallest absolute Gasteiger partial charge is 0.0346 e. The monoisotopic (exact) mass is 377 g/mol. The second-order valence-electron chi connectivity index (χ2n) is 4.76. The SMILES string of the molecule is ICCCCCC=C(c1ccccc1)c1cccnc1. The third-order valence-corrected chi connectivity index (χ3v) is 4.01. The van der Waals surface area contributed by atoms with Crippen LogP contribution in [0.3, 0.4) is 0 Å². The number of nitrogens with zero attached hydrogens (tertiary/aromatic N) is 1. The van der Waals surface area contributed by atoms with Gasteiger partial charge in [-0.3, -0.25) is 4.98 Å². The lowest BCUT2D eigenvalue weighted by atomic mass is 9.97. The molecule has 0 fully saturated rings. The summed E-state index contributed by atoms with van der Waals surface area (Å²) < 4.78 is 1.26. The van der Waals surface area contributed by atoms with Crippen LogP contribution in [0.15, 0.2) is 60.9 Å². The highest BCUT2D eigenvalue weighted by Gasteiger charge is 2.03. The van der Waals surface area contributed by atoms with E-state index >= 15 is 0 Å². The summed E-state index contributed by atoms with van der Waals surface area (Å²) in [6, 6.07) is 14.7. The van der Waals surface area contributed by atoms with Crippen molar-refractivity contribution in [1.29, 1.82) is 0 Å². The number of aromatic nitrogens is 1. The minimum Gasteiger partial charge on any atom is -0.264 e. The van der Waals surface area contributed by atoms with Crippen molar-refractivity contribution in [2.45, 2.75) is 25.7 Å². The van der Waals surface area contributed by atoms with Gasteiger partial charge in [0.2, 0.25) is 0 Å². The second-order valence-corrected chi connectivity index (χ2v) is 5.84. The topological polar surface area (TPSA) is 12.9 Å². The Bertz CT molecular complexity index is 478. The summed E-state index contributed by atoms with van der Waals surface area (Å²) in [5.41, 5.74) is 3.77. The van der Waals surface area contributed by atoms with Crippen LogP contribution in [0.5, 0.6) is 0 Å². The molecule has 0 atom stereocenters. The number of alkyl halides is 1. The van der Waals surface area contributed by atoms with E-state index in [2.05, 4.69) is 70.0 Å². The lowest BCUT2D eigenvalue weighted by Crippen LogP contribution is -1.89. The van der Waals surface area contributed by atoms with Crippen molar-refractivity contribution in [3.8, 4) is 0 Å². The summed E-state index contributed by atoms with van der Waals surface area (Å²) in [7, 11) is 0. The molecule has 0 N–H and O–H groups in total. The molecule has 0 aliphatic rings. The molecule has 0 aliphatic heterocycles. The zero-order valence-corrected chi connectivity index (χ0v) is 13.8. The summed E-state index contributed by atoms with van der Waals surface area (Å²) in [6.45, 7) is 0. The molecule has 0 saturated heterocycles. The van der Waals surface area contributed by atoms with Crippen LogP contribution in [0.1, 0.15) is 36.8 Å². The molecule has 1 nitrogen and oxygen atoms in total. The maximum Gasteiger partial charge on any atom is 0.0346 e. The molecule has 2 rings (SSSR count). The normalized spacial score (nSPS) is 11.6.